The van der Waals surface area contributed by atoms with Crippen molar-refractivity contribution in [2.24, 2.45) is 35.1 Å². The van der Waals surface area contributed by atoms with Gasteiger partial charge in [0, 0.05) is 84.4 Å². The SMILES string of the molecule is CN(C)[C@@H]1C(=O)C(C(N)=O)=C(O)[C@@]2(O)C(=O)C3=C(O)c4c(O)ccc(Cl)c4[C@@H](O)[C@H]3C[C@@H]12.COC(c1ccccc1)c1ccnc(N)n1.Cc1cc(NS(=O)(=O)c2ccc(N)cc2)no1.NC1[C@H]2CN(c3nc4c(cc3F)c(=O)c(C(=O)O)cn4-c3ccc(F)cc3F)C[C@@H]12. The highest BCUT2D eigenvalue weighted by atomic mass is 35.5. The summed E-state index contributed by atoms with van der Waals surface area (Å²) in [5, 5.41) is 67.0. The van der Waals surface area contributed by atoms with Crippen LogP contribution in [0.2, 0.25) is 5.02 Å². The summed E-state index contributed by atoms with van der Waals surface area (Å²) in [4.78, 5) is 78.0. The number of nitrogen functional groups attached to an aromatic ring is 2. The van der Waals surface area contributed by atoms with Crippen LogP contribution in [-0.4, -0.2) is 144 Å². The lowest BCUT2D eigenvalue weighted by atomic mass is 9.57. The molecule has 9 atom stereocenters. The van der Waals surface area contributed by atoms with Crippen LogP contribution in [0.15, 0.2) is 147 Å². The molecule has 13 rings (SSSR count). The monoisotopic (exact) mass is 1350 g/mol. The van der Waals surface area contributed by atoms with Crippen molar-refractivity contribution in [3.8, 4) is 11.4 Å². The number of aromatic nitrogens is 5. The fraction of sp³-hybridized carbons (Fsp3) is 0.254. The van der Waals surface area contributed by atoms with E-state index in [0.29, 0.717) is 30.6 Å². The zero-order valence-electron chi connectivity index (χ0n) is 50.4. The van der Waals surface area contributed by atoms with Gasteiger partial charge in [0.1, 0.15) is 51.9 Å². The van der Waals surface area contributed by atoms with Crippen LogP contribution >= 0.6 is 11.6 Å². The van der Waals surface area contributed by atoms with Crippen molar-refractivity contribution in [2.45, 2.75) is 48.1 Å². The molecule has 2 saturated carbocycles. The summed E-state index contributed by atoms with van der Waals surface area (Å²) >= 11 is 6.19. The minimum atomic E-state index is -3.64. The Labute approximate surface area is 542 Å². The number of sulfonamides is 1. The first-order valence-corrected chi connectivity index (χ1v) is 30.5. The number of hydrogen-bond donors (Lipinski definition) is 11. The lowest BCUT2D eigenvalue weighted by Gasteiger charge is -2.51. The van der Waals surface area contributed by atoms with Crippen LogP contribution in [0.1, 0.15) is 57.1 Å². The first-order valence-electron chi connectivity index (χ1n) is 28.7. The number of anilines is 4. The molecule has 2 unspecified atom stereocenters. The molecule has 32 heteroatoms. The van der Waals surface area contributed by atoms with Gasteiger partial charge in [0.15, 0.2) is 34.5 Å². The van der Waals surface area contributed by atoms with E-state index in [1.807, 2.05) is 30.3 Å². The number of carboxylic acid groups (broad SMARTS) is 1. The van der Waals surface area contributed by atoms with E-state index in [-0.39, 0.29) is 85.8 Å². The fourth-order valence-corrected chi connectivity index (χ4v) is 13.5. The van der Waals surface area contributed by atoms with E-state index < -0.39 is 120 Å². The maximum Gasteiger partial charge on any atom is 0.341 e. The summed E-state index contributed by atoms with van der Waals surface area (Å²) < 4.78 is 80.0. The van der Waals surface area contributed by atoms with Crippen LogP contribution in [0.25, 0.3) is 22.5 Å². The Morgan fingerprint density at radius 1 is 0.916 bits per heavy atom. The fourth-order valence-electron chi connectivity index (χ4n) is 12.3. The number of carbonyl (C=O) groups is 4. The van der Waals surface area contributed by atoms with Gasteiger partial charge < -0.3 is 67.7 Å². The predicted molar refractivity (Wildman–Crippen MR) is 336 cm³/mol. The van der Waals surface area contributed by atoms with Crippen LogP contribution in [0.5, 0.6) is 5.75 Å². The summed E-state index contributed by atoms with van der Waals surface area (Å²) in [6.07, 6.45) is 0.637. The quantitative estimate of drug-likeness (QED) is 0.0588. The Balaban J connectivity index is 0.000000144. The normalized spacial score (nSPS) is 22.0. The highest BCUT2D eigenvalue weighted by Crippen LogP contribution is 2.56. The van der Waals surface area contributed by atoms with E-state index >= 15 is 0 Å². The third kappa shape index (κ3) is 12.7. The van der Waals surface area contributed by atoms with E-state index in [4.69, 9.17) is 43.8 Å². The number of nitrogens with one attached hydrogen (secondary N) is 1. The molecule has 3 fully saturated rings. The zero-order chi connectivity index (χ0) is 69.0. The predicted octanol–water partition coefficient (Wildman–Crippen LogP) is 5.16. The first-order chi connectivity index (χ1) is 44.9. The van der Waals surface area contributed by atoms with Gasteiger partial charge in [-0.2, -0.15) is 0 Å². The van der Waals surface area contributed by atoms with Gasteiger partial charge >= 0.3 is 5.97 Å². The number of piperidine rings is 1. The number of primary amides is 1. The molecular formula is C63H60ClF3N12O15S. The minimum absolute atomic E-state index is 0.00251. The average molecular weight is 1350 g/mol. The molecule has 4 aromatic heterocycles. The second kappa shape index (κ2) is 26.3. The lowest BCUT2D eigenvalue weighted by Crippen LogP contribution is -2.66. The molecule has 27 nitrogen and oxygen atoms in total. The number of nitrogens with two attached hydrogens (primary N) is 4. The van der Waals surface area contributed by atoms with Crippen molar-refractivity contribution >= 4 is 85.1 Å². The van der Waals surface area contributed by atoms with Gasteiger partial charge in [-0.1, -0.05) is 47.1 Å². The number of fused-ring (bicyclic) bond motifs is 5. The summed E-state index contributed by atoms with van der Waals surface area (Å²) in [6, 6.07) is 24.0. The van der Waals surface area contributed by atoms with Crippen LogP contribution in [0, 0.1) is 48.0 Å². The van der Waals surface area contributed by atoms with Crippen molar-refractivity contribution in [3.63, 3.8) is 0 Å². The lowest BCUT2D eigenvalue weighted by molar-refractivity contribution is -0.155. The number of aliphatic hydroxyl groups is 4. The topological polar surface area (TPSA) is 442 Å². The third-order valence-electron chi connectivity index (χ3n) is 16.9. The largest absolute Gasteiger partial charge is 0.508 e. The second-order valence-corrected chi connectivity index (χ2v) is 25.0. The number of likely N-dealkylation sites (N-methyl/N-ethyl adjacent to an activating group) is 1. The summed E-state index contributed by atoms with van der Waals surface area (Å²) in [5.74, 6) is -10.9. The average Bonchev–Trinajstić information content (AvgIpc) is 1.39. The number of amides is 1. The van der Waals surface area contributed by atoms with Crippen molar-refractivity contribution < 1.29 is 80.7 Å². The molecule has 0 spiro atoms. The number of Topliss-reactive ketones (excluding diaryl/α,β-unsaturated/α-hetero) is 2. The number of aliphatic hydroxyl groups excluding tert-OH is 3. The number of rotatable bonds is 11. The smallest absolute Gasteiger partial charge is 0.341 e. The Bertz CT molecular complexity index is 4650. The number of ketones is 2. The molecule has 5 aliphatic rings. The third-order valence-corrected chi connectivity index (χ3v) is 18.6. The van der Waals surface area contributed by atoms with E-state index in [2.05, 4.69) is 24.8 Å². The highest BCUT2D eigenvalue weighted by Gasteiger charge is 2.65. The number of benzene rings is 4. The van der Waals surface area contributed by atoms with Crippen molar-refractivity contribution in [2.75, 3.05) is 55.4 Å². The molecule has 15 N–H and O–H groups in total. The number of carboxylic acids is 1. The maximum atomic E-state index is 14.8. The number of phenols is 1. The Morgan fingerprint density at radius 2 is 1.59 bits per heavy atom. The second-order valence-electron chi connectivity index (χ2n) is 22.9. The van der Waals surface area contributed by atoms with Gasteiger partial charge in [0.2, 0.25) is 17.2 Å². The number of halogens is 4. The molecule has 1 saturated heterocycles. The van der Waals surface area contributed by atoms with Gasteiger partial charge in [-0.3, -0.25) is 33.4 Å². The van der Waals surface area contributed by atoms with Gasteiger partial charge in [0.25, 0.3) is 15.9 Å². The summed E-state index contributed by atoms with van der Waals surface area (Å²) in [6.45, 7) is 2.68. The first kappa shape index (κ1) is 67.6. The number of pyridine rings is 2. The molecule has 496 valence electrons. The number of aromatic carboxylic acids is 1. The van der Waals surface area contributed by atoms with Crippen LogP contribution in [-0.2, 0) is 29.1 Å². The standard InChI is InChI=1S/C21H21ClN2O8.C20H15F3N4O3.C12H13N3O.C10H11N3O3S/c1-24(2)14-7-5-6-10(16(27)12-9(25)4-3-8(22)11(12)15(6)26)18(29)21(7,32)19(30)13(17(14)28)20(23)31;21-8-1-2-15(13(22)3-8)27-7-12(20(29)30)17(28)9-4-14(23)19(25-18(9)27)26-5-10-11(6-26)16(10)24;1-16-11(9-5-3-2-4-6-9)10-7-8-14-12(13)15-10;1-7-6-10(12-16-7)13-17(14,15)9-4-2-8(11)3-5-9/h3-4,6-7,14-15,25-27,30,32H,5H2,1-2H3,(H2,23,31);1-4,7,10-11,16H,5-6,24H2,(H,29,30);2-8,11H,1H3,(H2,13,14,15);2-6H,11H2,1H3,(H,12,13)/t6-,7-,14-,15-,21-;10-,11+,16?;;/m0.../s1. The molecule has 95 heavy (non-hydrogen) atoms. The molecule has 0 radical (unpaired) electrons. The highest BCUT2D eigenvalue weighted by molar-refractivity contribution is 7.92. The Morgan fingerprint density at radius 3 is 2.18 bits per heavy atom. The number of hydrogen-bond acceptors (Lipinski definition) is 23. The van der Waals surface area contributed by atoms with E-state index in [0.717, 1.165) is 40.2 Å². The van der Waals surface area contributed by atoms with Gasteiger partial charge in [0.05, 0.1) is 39.4 Å². The molecule has 5 heterocycles. The Hall–Kier alpha value is -10.3. The number of phenolic OH excluding ortho intramolecular Hbond substituents is 1. The van der Waals surface area contributed by atoms with Crippen molar-refractivity contribution in [1.29, 1.82) is 0 Å². The molecule has 4 aromatic carbocycles. The molecule has 8 aromatic rings. The summed E-state index contributed by atoms with van der Waals surface area (Å²) in [7, 11) is 0.974. The molecule has 1 amide bonds. The van der Waals surface area contributed by atoms with Crippen LogP contribution in [0.4, 0.5) is 36.4 Å². The van der Waals surface area contributed by atoms with E-state index in [9.17, 15) is 76.2 Å². The van der Waals surface area contributed by atoms with E-state index in [1.54, 1.807) is 31.2 Å². The van der Waals surface area contributed by atoms with Crippen LogP contribution < -0.4 is 38.0 Å². The summed E-state index contributed by atoms with van der Waals surface area (Å²) in [5.41, 5.74) is 18.1. The van der Waals surface area contributed by atoms with Crippen molar-refractivity contribution in [3.05, 3.63) is 199 Å². The number of methoxy groups -OCH3 is 1. The number of nitrogens with zero attached hydrogens (tertiary/aromatic N) is 7. The molecule has 4 aliphatic carbocycles. The number of carbonyl (C=O) groups excluding carboxylic acids is 3. The van der Waals surface area contributed by atoms with Gasteiger partial charge in [-0.05, 0) is 106 Å². The number of ether oxygens (including phenoxy) is 1. The molecule has 1 aliphatic heterocycles. The minimum Gasteiger partial charge on any atom is -0.508 e. The zero-order valence-corrected chi connectivity index (χ0v) is 52.0. The molecule has 0 bridgehead atoms. The number of aromatic hydroxyl groups is 1. The molecular weight excluding hydrogens is 1290 g/mol. The van der Waals surface area contributed by atoms with Crippen molar-refractivity contribution in [1.82, 2.24) is 29.6 Å². The van der Waals surface area contributed by atoms with E-state index in [1.165, 1.54) is 61.5 Å². The maximum absolute atomic E-state index is 14.8. The van der Waals surface area contributed by atoms with Crippen LogP contribution in [0.3, 0.4) is 0 Å². The van der Waals surface area contributed by atoms with Gasteiger partial charge in [-0.15, -0.1) is 0 Å². The Kier molecular flexibility index (Phi) is 18.7. The van der Waals surface area contributed by atoms with Gasteiger partial charge in [-0.25, -0.2) is 41.3 Å². The number of aryl methyl sites for hydroxylation is 1.